The first-order valence-corrected chi connectivity index (χ1v) is 13.2. The molecule has 0 bridgehead atoms. The monoisotopic (exact) mass is 522 g/mol. The molecule has 0 radical (unpaired) electrons. The van der Waals surface area contributed by atoms with Gasteiger partial charge < -0.3 is 10.1 Å². The van der Waals surface area contributed by atoms with Crippen LogP contribution in [0.25, 0.3) is 10.8 Å². The summed E-state index contributed by atoms with van der Waals surface area (Å²) in [4.78, 5) is 21.8. The number of rotatable bonds is 7. The van der Waals surface area contributed by atoms with Gasteiger partial charge in [0, 0.05) is 53.0 Å². The molecule has 2 N–H and O–H groups in total. The maximum absolute atomic E-state index is 13.2. The van der Waals surface area contributed by atoms with Gasteiger partial charge in [0.05, 0.1) is 24.0 Å². The average molecular weight is 523 g/mol. The molecule has 4 aromatic rings. The number of fused-ring (bicyclic) bond motifs is 1. The number of allylic oxidation sites excluding steroid dienone is 2. The van der Waals surface area contributed by atoms with E-state index < -0.39 is 0 Å². The Morgan fingerprint density at radius 2 is 1.82 bits per heavy atom. The number of hydrogen-bond donors (Lipinski definition) is 2. The number of ether oxygens (including phenoxy) is 1. The third-order valence-corrected chi connectivity index (χ3v) is 6.69. The molecule has 5 rings (SSSR count). The summed E-state index contributed by atoms with van der Waals surface area (Å²) in [6, 6.07) is 17.2. The SMILES string of the molecule is CC1=CCC(n2nc(C(C)(C)C)cc2NC(=O)Nc2ccc(OCCc3ccncc3)c3ccccc23)C=N1. The van der Waals surface area contributed by atoms with Crippen molar-refractivity contribution in [2.45, 2.75) is 52.0 Å². The van der Waals surface area contributed by atoms with Crippen molar-refractivity contribution in [3.63, 3.8) is 0 Å². The van der Waals surface area contributed by atoms with Gasteiger partial charge in [-0.15, -0.1) is 0 Å². The number of aromatic nitrogens is 3. The van der Waals surface area contributed by atoms with Crippen LogP contribution in [0.3, 0.4) is 0 Å². The van der Waals surface area contributed by atoms with Crippen molar-refractivity contribution in [1.29, 1.82) is 0 Å². The van der Waals surface area contributed by atoms with Crippen molar-refractivity contribution in [1.82, 2.24) is 14.8 Å². The first-order chi connectivity index (χ1) is 18.8. The molecule has 1 aliphatic rings. The van der Waals surface area contributed by atoms with Crippen LogP contribution in [0.5, 0.6) is 5.75 Å². The molecule has 0 saturated heterocycles. The average Bonchev–Trinajstić information content (AvgIpc) is 3.35. The Balaban J connectivity index is 1.33. The molecule has 2 amide bonds. The highest BCUT2D eigenvalue weighted by molar-refractivity contribution is 6.07. The van der Waals surface area contributed by atoms with Gasteiger partial charge in [-0.25, -0.2) is 9.48 Å². The number of hydrogen-bond acceptors (Lipinski definition) is 5. The molecule has 0 aliphatic carbocycles. The van der Waals surface area contributed by atoms with Crippen LogP contribution in [0, 0.1) is 0 Å². The third kappa shape index (κ3) is 6.17. The molecule has 1 unspecified atom stereocenters. The van der Waals surface area contributed by atoms with E-state index in [1.807, 2.05) is 72.4 Å². The van der Waals surface area contributed by atoms with E-state index in [2.05, 4.69) is 47.5 Å². The zero-order valence-corrected chi connectivity index (χ0v) is 22.8. The van der Waals surface area contributed by atoms with E-state index in [1.54, 1.807) is 12.4 Å². The summed E-state index contributed by atoms with van der Waals surface area (Å²) in [6.07, 6.45) is 9.09. The summed E-state index contributed by atoms with van der Waals surface area (Å²) in [6.45, 7) is 8.84. The van der Waals surface area contributed by atoms with Crippen LogP contribution in [-0.2, 0) is 11.8 Å². The van der Waals surface area contributed by atoms with Crippen LogP contribution in [0.2, 0.25) is 0 Å². The van der Waals surface area contributed by atoms with Crippen molar-refractivity contribution in [2.24, 2.45) is 4.99 Å². The maximum atomic E-state index is 13.2. The Morgan fingerprint density at radius 3 is 2.54 bits per heavy atom. The number of amides is 2. The number of nitrogens with one attached hydrogen (secondary N) is 2. The molecule has 8 nitrogen and oxygen atoms in total. The topological polar surface area (TPSA) is 93.4 Å². The molecule has 0 fully saturated rings. The second-order valence-electron chi connectivity index (χ2n) is 10.7. The fourth-order valence-corrected chi connectivity index (χ4v) is 4.48. The van der Waals surface area contributed by atoms with Gasteiger partial charge in [-0.1, -0.05) is 51.1 Å². The molecular formula is C31H34N6O2. The fraction of sp³-hybridized carbons (Fsp3) is 0.290. The second kappa shape index (κ2) is 11.1. The minimum absolute atomic E-state index is 0.0653. The molecule has 8 heteroatoms. The first kappa shape index (κ1) is 26.2. The molecular weight excluding hydrogens is 488 g/mol. The minimum atomic E-state index is -0.340. The van der Waals surface area contributed by atoms with Gasteiger partial charge in [0.2, 0.25) is 0 Å². The minimum Gasteiger partial charge on any atom is -0.493 e. The van der Waals surface area contributed by atoms with Gasteiger partial charge in [-0.05, 0) is 43.2 Å². The summed E-state index contributed by atoms with van der Waals surface area (Å²) < 4.78 is 7.98. The summed E-state index contributed by atoms with van der Waals surface area (Å²) in [5.74, 6) is 1.40. The van der Waals surface area contributed by atoms with Gasteiger partial charge in [0.15, 0.2) is 0 Å². The quantitative estimate of drug-likeness (QED) is 0.276. The molecule has 0 saturated carbocycles. The van der Waals surface area contributed by atoms with Gasteiger partial charge in [-0.2, -0.15) is 5.10 Å². The smallest absolute Gasteiger partial charge is 0.324 e. The lowest BCUT2D eigenvalue weighted by molar-refractivity contribution is 0.262. The van der Waals surface area contributed by atoms with E-state index in [9.17, 15) is 4.79 Å². The van der Waals surface area contributed by atoms with Gasteiger partial charge in [0.25, 0.3) is 0 Å². The summed E-state index contributed by atoms with van der Waals surface area (Å²) in [5, 5.41) is 12.7. The summed E-state index contributed by atoms with van der Waals surface area (Å²) in [5.41, 5.74) is 3.59. The van der Waals surface area contributed by atoms with E-state index in [4.69, 9.17) is 9.84 Å². The van der Waals surface area contributed by atoms with Crippen molar-refractivity contribution in [3.05, 3.63) is 90.0 Å². The highest BCUT2D eigenvalue weighted by Gasteiger charge is 2.24. The Kier molecular flexibility index (Phi) is 7.45. The van der Waals surface area contributed by atoms with Crippen LogP contribution in [0.4, 0.5) is 16.3 Å². The van der Waals surface area contributed by atoms with Gasteiger partial charge in [-0.3, -0.25) is 15.3 Å². The van der Waals surface area contributed by atoms with E-state index in [-0.39, 0.29) is 17.5 Å². The number of anilines is 2. The van der Waals surface area contributed by atoms with E-state index in [0.29, 0.717) is 18.1 Å². The number of carbonyl (C=O) groups excluding carboxylic acids is 1. The molecule has 39 heavy (non-hydrogen) atoms. The van der Waals surface area contributed by atoms with Gasteiger partial charge in [0.1, 0.15) is 11.6 Å². The number of pyridine rings is 1. The van der Waals surface area contributed by atoms with Crippen LogP contribution >= 0.6 is 0 Å². The lowest BCUT2D eigenvalue weighted by atomic mass is 9.92. The summed E-state index contributed by atoms with van der Waals surface area (Å²) >= 11 is 0. The molecule has 0 spiro atoms. The van der Waals surface area contributed by atoms with E-state index in [0.717, 1.165) is 40.8 Å². The fourth-order valence-electron chi connectivity index (χ4n) is 4.48. The Labute approximate surface area is 228 Å². The predicted molar refractivity (Wildman–Crippen MR) is 157 cm³/mol. The highest BCUT2D eigenvalue weighted by Crippen LogP contribution is 2.32. The highest BCUT2D eigenvalue weighted by atomic mass is 16.5. The molecule has 2 aromatic heterocycles. The van der Waals surface area contributed by atoms with Crippen LogP contribution in [0.15, 0.2) is 83.8 Å². The number of urea groups is 1. The lowest BCUT2D eigenvalue weighted by Crippen LogP contribution is -2.24. The largest absolute Gasteiger partial charge is 0.493 e. The second-order valence-corrected chi connectivity index (χ2v) is 10.7. The van der Waals surface area contributed by atoms with Gasteiger partial charge >= 0.3 is 6.03 Å². The van der Waals surface area contributed by atoms with Crippen molar-refractivity contribution >= 4 is 34.5 Å². The van der Waals surface area contributed by atoms with Crippen LogP contribution in [-0.4, -0.2) is 33.6 Å². The Hall–Kier alpha value is -4.46. The van der Waals surface area contributed by atoms with E-state index >= 15 is 0 Å². The number of aliphatic imine (C=N–C) groups is 1. The molecule has 200 valence electrons. The Morgan fingerprint density at radius 1 is 1.05 bits per heavy atom. The first-order valence-electron chi connectivity index (χ1n) is 13.2. The zero-order valence-electron chi connectivity index (χ0n) is 22.8. The maximum Gasteiger partial charge on any atom is 0.324 e. The normalized spacial score (nSPS) is 15.2. The molecule has 1 atom stereocenters. The van der Waals surface area contributed by atoms with Crippen LogP contribution < -0.4 is 15.4 Å². The predicted octanol–water partition coefficient (Wildman–Crippen LogP) is 6.91. The van der Waals surface area contributed by atoms with Crippen molar-refractivity contribution < 1.29 is 9.53 Å². The number of benzene rings is 2. The number of carbonyl (C=O) groups is 1. The van der Waals surface area contributed by atoms with Crippen molar-refractivity contribution in [3.8, 4) is 5.75 Å². The Bertz CT molecular complexity index is 1530. The summed E-state index contributed by atoms with van der Waals surface area (Å²) in [7, 11) is 0. The van der Waals surface area contributed by atoms with Crippen LogP contribution in [0.1, 0.15) is 51.4 Å². The standard InChI is InChI=1S/C31H34N6O2/c1-21-9-10-23(20-33-21)37-29(19-28(36-37)31(2,3)4)35-30(38)34-26-11-12-27(25-8-6-5-7-24(25)26)39-18-15-22-13-16-32-17-14-22/h5-9,11-14,16-17,19-20,23H,10,15,18H2,1-4H3,(H2,34,35,38). The molecule has 1 aliphatic heterocycles. The molecule has 3 heterocycles. The van der Waals surface area contributed by atoms with Crippen molar-refractivity contribution in [2.75, 3.05) is 17.2 Å². The lowest BCUT2D eigenvalue weighted by Gasteiger charge is -2.19. The number of nitrogens with zero attached hydrogens (tertiary/aromatic N) is 4. The third-order valence-electron chi connectivity index (χ3n) is 6.69. The van der Waals surface area contributed by atoms with E-state index in [1.165, 1.54) is 5.56 Å². The molecule has 2 aromatic carbocycles. The zero-order chi connectivity index (χ0) is 27.4.